The summed E-state index contributed by atoms with van der Waals surface area (Å²) in [7, 11) is 0.417. The molecular weight excluding hydrogens is 500 g/mol. The number of methoxy groups -OCH3 is 3. The van der Waals surface area contributed by atoms with Crippen molar-refractivity contribution in [2.75, 3.05) is 32.4 Å². The van der Waals surface area contributed by atoms with E-state index in [1.807, 2.05) is 0 Å². The van der Waals surface area contributed by atoms with E-state index in [9.17, 15) is 13.2 Å². The Morgan fingerprint density at radius 3 is 2.08 bits per heavy atom. The number of ether oxygens (including phenoxy) is 3. The van der Waals surface area contributed by atoms with Crippen LogP contribution < -0.4 is 25.3 Å². The van der Waals surface area contributed by atoms with Gasteiger partial charge in [-0.05, 0) is 48.5 Å². The minimum atomic E-state index is -4.11. The van der Waals surface area contributed by atoms with E-state index in [1.165, 1.54) is 33.5 Å². The van der Waals surface area contributed by atoms with Crippen LogP contribution in [0.3, 0.4) is 0 Å². The van der Waals surface area contributed by atoms with Crippen molar-refractivity contribution in [3.8, 4) is 17.2 Å². The van der Waals surface area contributed by atoms with Crippen molar-refractivity contribution in [3.05, 3.63) is 83.2 Å². The van der Waals surface area contributed by atoms with Gasteiger partial charge in [0.2, 0.25) is 15.6 Å². The van der Waals surface area contributed by atoms with Crippen molar-refractivity contribution >= 4 is 43.3 Å². The van der Waals surface area contributed by atoms with Gasteiger partial charge in [0, 0.05) is 17.3 Å². The van der Waals surface area contributed by atoms with Crippen LogP contribution in [0, 0.1) is 0 Å². The van der Waals surface area contributed by atoms with E-state index in [4.69, 9.17) is 19.9 Å². The van der Waals surface area contributed by atoms with E-state index in [2.05, 4.69) is 5.32 Å². The van der Waals surface area contributed by atoms with E-state index >= 15 is 0 Å². The Kier molecular flexibility index (Phi) is 7.18. The van der Waals surface area contributed by atoms with Crippen LogP contribution in [0.1, 0.15) is 15.2 Å². The van der Waals surface area contributed by atoms with Gasteiger partial charge in [-0.15, -0.1) is 11.3 Å². The fourth-order valence-electron chi connectivity index (χ4n) is 3.55. The summed E-state index contributed by atoms with van der Waals surface area (Å²) in [5.41, 5.74) is 7.16. The maximum atomic E-state index is 13.8. The lowest BCUT2D eigenvalue weighted by molar-refractivity contribution is 0.104. The van der Waals surface area contributed by atoms with Crippen LogP contribution >= 0.6 is 11.3 Å². The van der Waals surface area contributed by atoms with Gasteiger partial charge in [0.15, 0.2) is 0 Å². The third-order valence-electron chi connectivity index (χ3n) is 5.40. The summed E-state index contributed by atoms with van der Waals surface area (Å²) in [6, 6.07) is 19.6. The monoisotopic (exact) mass is 524 g/mol. The maximum Gasteiger partial charge on any atom is 0.211 e. The molecule has 0 amide bonds. The van der Waals surface area contributed by atoms with Crippen molar-refractivity contribution in [2.45, 2.75) is 9.79 Å². The van der Waals surface area contributed by atoms with Gasteiger partial charge in [-0.3, -0.25) is 4.79 Å². The van der Waals surface area contributed by atoms with Crippen molar-refractivity contribution in [1.29, 1.82) is 0 Å². The van der Waals surface area contributed by atoms with Gasteiger partial charge in [-0.1, -0.05) is 18.2 Å². The summed E-state index contributed by atoms with van der Waals surface area (Å²) >= 11 is 0.969. The van der Waals surface area contributed by atoms with Crippen LogP contribution in [-0.4, -0.2) is 35.5 Å². The molecule has 1 aromatic heterocycles. The molecule has 0 atom stereocenters. The lowest BCUT2D eigenvalue weighted by Gasteiger charge is -2.11. The van der Waals surface area contributed by atoms with E-state index in [-0.39, 0.29) is 25.4 Å². The predicted molar refractivity (Wildman–Crippen MR) is 140 cm³/mol. The lowest BCUT2D eigenvalue weighted by Crippen LogP contribution is -2.08. The molecule has 8 nitrogen and oxygen atoms in total. The number of nitrogen functional groups attached to an aromatic ring is 1. The van der Waals surface area contributed by atoms with Gasteiger partial charge in [0.1, 0.15) is 32.0 Å². The average molecular weight is 525 g/mol. The van der Waals surface area contributed by atoms with Crippen LogP contribution in [0.4, 0.5) is 16.4 Å². The molecule has 0 aliphatic carbocycles. The highest BCUT2D eigenvalue weighted by Gasteiger charge is 2.32. The number of ketones is 1. The topological polar surface area (TPSA) is 117 Å². The zero-order valence-corrected chi connectivity index (χ0v) is 21.4. The highest BCUT2D eigenvalue weighted by molar-refractivity contribution is 7.92. The van der Waals surface area contributed by atoms with Crippen LogP contribution in [0.5, 0.6) is 17.2 Å². The number of carbonyl (C=O) groups excluding carboxylic acids is 1. The van der Waals surface area contributed by atoms with Gasteiger partial charge in [-0.2, -0.15) is 0 Å². The molecule has 0 aliphatic heterocycles. The molecule has 186 valence electrons. The second-order valence-corrected chi connectivity index (χ2v) is 10.5. The number of sulfone groups is 1. The predicted octanol–water partition coefficient (Wildman–Crippen LogP) is 5.16. The number of hydrogen-bond donors (Lipinski definition) is 2. The molecule has 0 unspecified atom stereocenters. The van der Waals surface area contributed by atoms with Crippen molar-refractivity contribution in [1.82, 2.24) is 0 Å². The SMILES string of the molecule is COc1ccc(S(=O)(=O)c2c(Nc3cccc(OC)c3)sc(C(=O)c3cccc(OC)c3)c2N)cc1. The first-order valence-corrected chi connectivity index (χ1v) is 13.0. The number of thiophene rings is 1. The van der Waals surface area contributed by atoms with E-state index in [0.717, 1.165) is 11.3 Å². The maximum absolute atomic E-state index is 13.8. The number of rotatable bonds is 9. The molecule has 0 aliphatic rings. The van der Waals surface area contributed by atoms with E-state index in [1.54, 1.807) is 60.7 Å². The van der Waals surface area contributed by atoms with Gasteiger partial charge < -0.3 is 25.3 Å². The molecule has 0 fully saturated rings. The normalized spacial score (nSPS) is 11.1. The van der Waals surface area contributed by atoms with Crippen LogP contribution in [0.2, 0.25) is 0 Å². The first-order chi connectivity index (χ1) is 17.3. The minimum Gasteiger partial charge on any atom is -0.497 e. The first-order valence-electron chi connectivity index (χ1n) is 10.7. The molecule has 0 saturated heterocycles. The number of nitrogens with two attached hydrogens (primary N) is 1. The second-order valence-electron chi connectivity index (χ2n) is 7.60. The van der Waals surface area contributed by atoms with Gasteiger partial charge in [0.25, 0.3) is 0 Å². The zero-order chi connectivity index (χ0) is 25.9. The van der Waals surface area contributed by atoms with Crippen LogP contribution in [-0.2, 0) is 9.84 Å². The van der Waals surface area contributed by atoms with Gasteiger partial charge in [-0.25, -0.2) is 8.42 Å². The van der Waals surface area contributed by atoms with Crippen molar-refractivity contribution in [2.24, 2.45) is 0 Å². The molecule has 3 aromatic carbocycles. The highest BCUT2D eigenvalue weighted by Crippen LogP contribution is 2.44. The first kappa shape index (κ1) is 25.1. The molecule has 3 N–H and O–H groups in total. The van der Waals surface area contributed by atoms with E-state index < -0.39 is 15.6 Å². The smallest absolute Gasteiger partial charge is 0.211 e. The highest BCUT2D eigenvalue weighted by atomic mass is 32.2. The quantitative estimate of drug-likeness (QED) is 0.288. The molecule has 36 heavy (non-hydrogen) atoms. The Hall–Kier alpha value is -4.02. The minimum absolute atomic E-state index is 0.0156. The number of hydrogen-bond acceptors (Lipinski definition) is 9. The average Bonchev–Trinajstić information content (AvgIpc) is 3.24. The van der Waals surface area contributed by atoms with Crippen LogP contribution in [0.25, 0.3) is 0 Å². The summed E-state index contributed by atoms with van der Waals surface area (Å²) < 4.78 is 43.1. The third-order valence-corrected chi connectivity index (χ3v) is 8.51. The summed E-state index contributed by atoms with van der Waals surface area (Å²) in [5, 5.41) is 3.32. The molecule has 0 radical (unpaired) electrons. The molecule has 0 saturated carbocycles. The van der Waals surface area contributed by atoms with E-state index in [0.29, 0.717) is 28.5 Å². The fraction of sp³-hybridized carbons (Fsp3) is 0.115. The molecular formula is C26H24N2O6S2. The molecule has 1 heterocycles. The third kappa shape index (κ3) is 4.86. The fourth-order valence-corrected chi connectivity index (χ4v) is 6.48. The molecule has 0 spiro atoms. The zero-order valence-electron chi connectivity index (χ0n) is 19.8. The number of nitrogens with one attached hydrogen (secondary N) is 1. The summed E-state index contributed by atoms with van der Waals surface area (Å²) in [6.07, 6.45) is 0. The van der Waals surface area contributed by atoms with Crippen molar-refractivity contribution in [3.63, 3.8) is 0 Å². The molecule has 10 heteroatoms. The Balaban J connectivity index is 1.87. The Labute approximate surface area is 213 Å². The second kappa shape index (κ2) is 10.3. The summed E-state index contributed by atoms with van der Waals surface area (Å²) in [6.45, 7) is 0. The van der Waals surface area contributed by atoms with Gasteiger partial charge >= 0.3 is 0 Å². The van der Waals surface area contributed by atoms with Crippen LogP contribution in [0.15, 0.2) is 82.6 Å². The largest absolute Gasteiger partial charge is 0.497 e. The lowest BCUT2D eigenvalue weighted by atomic mass is 10.1. The Morgan fingerprint density at radius 2 is 1.44 bits per heavy atom. The Morgan fingerprint density at radius 1 is 0.833 bits per heavy atom. The molecule has 4 rings (SSSR count). The van der Waals surface area contributed by atoms with Gasteiger partial charge in [0.05, 0.1) is 31.9 Å². The van der Waals surface area contributed by atoms with Crippen molar-refractivity contribution < 1.29 is 27.4 Å². The summed E-state index contributed by atoms with van der Waals surface area (Å²) in [4.78, 5) is 13.4. The standard InChI is InChI=1S/C26H24N2O6S2/c1-32-18-10-12-21(13-11-18)36(30,31)25-22(27)24(23(29)16-6-4-8-19(14-16)33-2)35-26(25)28-17-7-5-9-20(15-17)34-3/h4-15,28H,27H2,1-3H3. The number of benzene rings is 3. The molecule has 0 bridgehead atoms. The molecule has 4 aromatic rings. The Bertz CT molecular complexity index is 1510. The summed E-state index contributed by atoms with van der Waals surface area (Å²) in [5.74, 6) is 1.17. The number of anilines is 3. The number of carbonyl (C=O) groups is 1.